The number of nitrogens with two attached hydrogens (primary N) is 1. The summed E-state index contributed by atoms with van der Waals surface area (Å²) >= 11 is 0. The average Bonchev–Trinajstić information content (AvgIpc) is 2.31. The van der Waals surface area contributed by atoms with Crippen molar-refractivity contribution >= 4 is 17.6 Å². The Morgan fingerprint density at radius 3 is 2.38 bits per heavy atom. The van der Waals surface area contributed by atoms with Gasteiger partial charge >= 0.3 is 0 Å². The maximum atomic E-state index is 8.00. The standard InChI is InChI=1S/C13H15N.CH2O/c1-10(14)8-11-6-7-12-4-2-3-5-13(12)9-11;1-2/h2-7,9-10H,8,14H2,1H3;1H2. The molecule has 0 aliphatic heterocycles. The monoisotopic (exact) mass is 215 g/mol. The topological polar surface area (TPSA) is 43.1 Å². The first kappa shape index (κ1) is 12.4. The van der Waals surface area contributed by atoms with Gasteiger partial charge in [-0.2, -0.15) is 0 Å². The fourth-order valence-electron chi connectivity index (χ4n) is 1.74. The molecule has 0 radical (unpaired) electrons. The summed E-state index contributed by atoms with van der Waals surface area (Å²) in [5.41, 5.74) is 7.09. The fourth-order valence-corrected chi connectivity index (χ4v) is 1.74. The molecule has 0 fully saturated rings. The van der Waals surface area contributed by atoms with Crippen molar-refractivity contribution < 1.29 is 4.79 Å². The average molecular weight is 215 g/mol. The number of rotatable bonds is 2. The van der Waals surface area contributed by atoms with Crippen molar-refractivity contribution in [3.63, 3.8) is 0 Å². The largest absolute Gasteiger partial charge is 0.328 e. The van der Waals surface area contributed by atoms with E-state index in [1.807, 2.05) is 13.7 Å². The Bertz CT molecular complexity index is 451. The maximum Gasteiger partial charge on any atom is 0.106 e. The molecule has 1 unspecified atom stereocenters. The van der Waals surface area contributed by atoms with E-state index in [4.69, 9.17) is 10.5 Å². The highest BCUT2D eigenvalue weighted by molar-refractivity contribution is 5.82. The Hall–Kier alpha value is -1.67. The minimum atomic E-state index is 0.233. The van der Waals surface area contributed by atoms with Crippen LogP contribution in [0, 0.1) is 0 Å². The first-order chi connectivity index (χ1) is 7.75. The zero-order valence-electron chi connectivity index (χ0n) is 9.52. The lowest BCUT2D eigenvalue weighted by atomic mass is 10.0. The van der Waals surface area contributed by atoms with E-state index in [-0.39, 0.29) is 6.04 Å². The Labute approximate surface area is 96.1 Å². The van der Waals surface area contributed by atoms with Gasteiger partial charge in [0.15, 0.2) is 0 Å². The first-order valence-corrected chi connectivity index (χ1v) is 5.28. The van der Waals surface area contributed by atoms with E-state index in [9.17, 15) is 0 Å². The van der Waals surface area contributed by atoms with Crippen LogP contribution in [-0.4, -0.2) is 12.8 Å². The summed E-state index contributed by atoms with van der Waals surface area (Å²) in [6.45, 7) is 4.04. The fraction of sp³-hybridized carbons (Fsp3) is 0.214. The van der Waals surface area contributed by atoms with Gasteiger partial charge < -0.3 is 10.5 Å². The molecule has 0 aromatic heterocycles. The van der Waals surface area contributed by atoms with Gasteiger partial charge in [-0.15, -0.1) is 0 Å². The molecule has 0 aliphatic rings. The smallest absolute Gasteiger partial charge is 0.106 e. The molecule has 2 N–H and O–H groups in total. The molecular formula is C14H17NO. The molecular weight excluding hydrogens is 198 g/mol. The zero-order valence-corrected chi connectivity index (χ0v) is 9.52. The number of carbonyl (C=O) groups is 1. The van der Waals surface area contributed by atoms with Crippen molar-refractivity contribution in [2.45, 2.75) is 19.4 Å². The van der Waals surface area contributed by atoms with Crippen molar-refractivity contribution in [3.05, 3.63) is 48.0 Å². The molecule has 84 valence electrons. The zero-order chi connectivity index (χ0) is 12.0. The molecule has 2 aromatic rings. The number of carbonyl (C=O) groups excluding carboxylic acids is 1. The second-order valence-electron chi connectivity index (χ2n) is 3.86. The van der Waals surface area contributed by atoms with E-state index in [1.165, 1.54) is 16.3 Å². The molecule has 0 saturated carbocycles. The van der Waals surface area contributed by atoms with Crippen LogP contribution in [0.1, 0.15) is 12.5 Å². The molecule has 2 aromatic carbocycles. The van der Waals surface area contributed by atoms with E-state index >= 15 is 0 Å². The summed E-state index contributed by atoms with van der Waals surface area (Å²) in [6.07, 6.45) is 0.949. The summed E-state index contributed by atoms with van der Waals surface area (Å²) in [6, 6.07) is 15.2. The van der Waals surface area contributed by atoms with Crippen LogP contribution in [0.4, 0.5) is 0 Å². The van der Waals surface area contributed by atoms with E-state index in [0.29, 0.717) is 0 Å². The molecule has 1 atom stereocenters. The van der Waals surface area contributed by atoms with Gasteiger partial charge in [0.2, 0.25) is 0 Å². The van der Waals surface area contributed by atoms with Crippen LogP contribution >= 0.6 is 0 Å². The number of benzene rings is 2. The molecule has 0 aliphatic carbocycles. The minimum Gasteiger partial charge on any atom is -0.328 e. The summed E-state index contributed by atoms with van der Waals surface area (Å²) in [5, 5.41) is 2.59. The van der Waals surface area contributed by atoms with Crippen molar-refractivity contribution in [1.29, 1.82) is 0 Å². The van der Waals surface area contributed by atoms with Crippen molar-refractivity contribution in [3.8, 4) is 0 Å². The van der Waals surface area contributed by atoms with Gasteiger partial charge in [-0.25, -0.2) is 0 Å². The second-order valence-corrected chi connectivity index (χ2v) is 3.86. The number of hydrogen-bond donors (Lipinski definition) is 1. The maximum absolute atomic E-state index is 8.00. The van der Waals surface area contributed by atoms with Crippen LogP contribution in [-0.2, 0) is 11.2 Å². The van der Waals surface area contributed by atoms with Gasteiger partial charge in [0.25, 0.3) is 0 Å². The predicted octanol–water partition coefficient (Wildman–Crippen LogP) is 2.54. The van der Waals surface area contributed by atoms with Gasteiger partial charge in [-0.05, 0) is 29.7 Å². The third kappa shape index (κ3) is 3.17. The van der Waals surface area contributed by atoms with Gasteiger partial charge in [0.1, 0.15) is 6.79 Å². The molecule has 2 nitrogen and oxygen atoms in total. The second kappa shape index (κ2) is 6.03. The molecule has 2 rings (SSSR count). The lowest BCUT2D eigenvalue weighted by Crippen LogP contribution is -2.17. The summed E-state index contributed by atoms with van der Waals surface area (Å²) in [5.74, 6) is 0. The van der Waals surface area contributed by atoms with Gasteiger partial charge in [-0.3, -0.25) is 0 Å². The summed E-state index contributed by atoms with van der Waals surface area (Å²) < 4.78 is 0. The normalized spacial score (nSPS) is 11.6. The highest BCUT2D eigenvalue weighted by Gasteiger charge is 1.98. The van der Waals surface area contributed by atoms with Crippen LogP contribution in [0.2, 0.25) is 0 Å². The third-order valence-corrected chi connectivity index (χ3v) is 2.37. The quantitative estimate of drug-likeness (QED) is 0.836. The van der Waals surface area contributed by atoms with Crippen LogP contribution < -0.4 is 5.73 Å². The van der Waals surface area contributed by atoms with Gasteiger partial charge in [-0.1, -0.05) is 42.5 Å². The molecule has 0 saturated heterocycles. The Morgan fingerprint density at radius 1 is 1.12 bits per heavy atom. The SMILES string of the molecule is C=O.CC(N)Cc1ccc2ccccc2c1. The highest BCUT2D eigenvalue weighted by Crippen LogP contribution is 2.16. The van der Waals surface area contributed by atoms with E-state index < -0.39 is 0 Å². The van der Waals surface area contributed by atoms with Crippen LogP contribution in [0.3, 0.4) is 0 Å². The van der Waals surface area contributed by atoms with Gasteiger partial charge in [0.05, 0.1) is 0 Å². The Balaban J connectivity index is 0.000000606. The van der Waals surface area contributed by atoms with E-state index in [1.54, 1.807) is 0 Å². The Morgan fingerprint density at radius 2 is 1.75 bits per heavy atom. The molecule has 0 spiro atoms. The Kier molecular flexibility index (Phi) is 4.67. The van der Waals surface area contributed by atoms with Gasteiger partial charge in [0, 0.05) is 6.04 Å². The van der Waals surface area contributed by atoms with Crippen LogP contribution in [0.25, 0.3) is 10.8 Å². The van der Waals surface area contributed by atoms with Crippen molar-refractivity contribution in [1.82, 2.24) is 0 Å². The molecule has 0 bridgehead atoms. The summed E-state index contributed by atoms with van der Waals surface area (Å²) in [7, 11) is 0. The van der Waals surface area contributed by atoms with Crippen molar-refractivity contribution in [2.24, 2.45) is 5.73 Å². The number of fused-ring (bicyclic) bond motifs is 1. The molecule has 0 heterocycles. The van der Waals surface area contributed by atoms with Crippen LogP contribution in [0.15, 0.2) is 42.5 Å². The minimum absolute atomic E-state index is 0.233. The highest BCUT2D eigenvalue weighted by atomic mass is 16.1. The molecule has 0 amide bonds. The molecule has 16 heavy (non-hydrogen) atoms. The van der Waals surface area contributed by atoms with E-state index in [2.05, 4.69) is 42.5 Å². The van der Waals surface area contributed by atoms with E-state index in [0.717, 1.165) is 6.42 Å². The molecule has 2 heteroatoms. The first-order valence-electron chi connectivity index (χ1n) is 5.28. The third-order valence-electron chi connectivity index (χ3n) is 2.37. The predicted molar refractivity (Wildman–Crippen MR) is 68.4 cm³/mol. The lowest BCUT2D eigenvalue weighted by Gasteiger charge is -2.06. The lowest BCUT2D eigenvalue weighted by molar-refractivity contribution is -0.0979. The summed E-state index contributed by atoms with van der Waals surface area (Å²) in [4.78, 5) is 8.00. The van der Waals surface area contributed by atoms with Crippen LogP contribution in [0.5, 0.6) is 0 Å². The number of hydrogen-bond acceptors (Lipinski definition) is 2. The van der Waals surface area contributed by atoms with Crippen molar-refractivity contribution in [2.75, 3.05) is 0 Å².